The quantitative estimate of drug-likeness (QED) is 0.862. The molecular weight excluding hydrogens is 233 g/mol. The first kappa shape index (κ1) is 12.3. The highest BCUT2D eigenvalue weighted by Crippen LogP contribution is 2.29. The molecule has 1 heterocycles. The van der Waals surface area contributed by atoms with Crippen LogP contribution in [-0.2, 0) is 0 Å². The van der Waals surface area contributed by atoms with E-state index in [1.54, 1.807) is 17.4 Å². The summed E-state index contributed by atoms with van der Waals surface area (Å²) in [6.45, 7) is 4.10. The van der Waals surface area contributed by atoms with E-state index >= 15 is 0 Å². The van der Waals surface area contributed by atoms with Crippen LogP contribution in [0.4, 0.5) is 4.39 Å². The Kier molecular flexibility index (Phi) is 3.60. The maximum absolute atomic E-state index is 13.8. The van der Waals surface area contributed by atoms with Gasteiger partial charge in [0.1, 0.15) is 5.82 Å². The Morgan fingerprint density at radius 3 is 2.65 bits per heavy atom. The molecule has 90 valence electrons. The van der Waals surface area contributed by atoms with Crippen molar-refractivity contribution >= 4 is 11.3 Å². The van der Waals surface area contributed by atoms with Crippen molar-refractivity contribution in [3.8, 4) is 11.1 Å². The summed E-state index contributed by atoms with van der Waals surface area (Å²) >= 11 is 1.65. The molecule has 0 fully saturated rings. The van der Waals surface area contributed by atoms with Crippen molar-refractivity contribution in [3.05, 3.63) is 45.9 Å². The predicted octanol–water partition coefficient (Wildman–Crippen LogP) is 4.14. The van der Waals surface area contributed by atoms with Gasteiger partial charge in [-0.1, -0.05) is 6.07 Å². The van der Waals surface area contributed by atoms with Crippen LogP contribution in [0.1, 0.15) is 23.4 Å². The average Bonchev–Trinajstić information content (AvgIpc) is 2.75. The van der Waals surface area contributed by atoms with Crippen molar-refractivity contribution in [1.29, 1.82) is 0 Å². The number of hydrogen-bond donors (Lipinski definition) is 1. The van der Waals surface area contributed by atoms with Gasteiger partial charge in [-0.25, -0.2) is 4.39 Å². The zero-order chi connectivity index (χ0) is 12.4. The Labute approximate surface area is 105 Å². The third-order valence-electron chi connectivity index (χ3n) is 2.96. The van der Waals surface area contributed by atoms with Crippen LogP contribution >= 0.6 is 11.3 Å². The van der Waals surface area contributed by atoms with Crippen molar-refractivity contribution in [2.24, 2.45) is 0 Å². The Bertz CT molecular complexity index is 519. The second-order valence-corrected chi connectivity index (χ2v) is 5.31. The maximum Gasteiger partial charge on any atom is 0.131 e. The van der Waals surface area contributed by atoms with Crippen LogP contribution in [0.25, 0.3) is 11.1 Å². The second-order valence-electron chi connectivity index (χ2n) is 4.20. The summed E-state index contributed by atoms with van der Waals surface area (Å²) in [4.78, 5) is 1.20. The summed E-state index contributed by atoms with van der Waals surface area (Å²) in [6.07, 6.45) is 0. The molecule has 0 aliphatic heterocycles. The molecule has 1 N–H and O–H groups in total. The largest absolute Gasteiger partial charge is 0.313 e. The Morgan fingerprint density at radius 2 is 2.06 bits per heavy atom. The number of nitrogens with one attached hydrogen (secondary N) is 1. The Morgan fingerprint density at radius 1 is 1.29 bits per heavy atom. The van der Waals surface area contributed by atoms with Crippen LogP contribution in [0.15, 0.2) is 29.6 Å². The predicted molar refractivity (Wildman–Crippen MR) is 71.9 cm³/mol. The number of aryl methyl sites for hydroxylation is 1. The molecule has 1 nitrogen and oxygen atoms in total. The molecule has 0 bridgehead atoms. The molecule has 3 heteroatoms. The average molecular weight is 249 g/mol. The number of halogens is 1. The number of benzene rings is 1. The van der Waals surface area contributed by atoms with E-state index in [2.05, 4.69) is 12.2 Å². The van der Waals surface area contributed by atoms with Crippen molar-refractivity contribution < 1.29 is 4.39 Å². The maximum atomic E-state index is 13.8. The summed E-state index contributed by atoms with van der Waals surface area (Å²) < 4.78 is 13.8. The molecule has 2 rings (SSSR count). The van der Waals surface area contributed by atoms with Gasteiger partial charge in [0.2, 0.25) is 0 Å². The van der Waals surface area contributed by atoms with E-state index in [4.69, 9.17) is 0 Å². The van der Waals surface area contributed by atoms with E-state index in [1.165, 1.54) is 4.88 Å². The molecular formula is C14H16FNS. The molecule has 0 amide bonds. The van der Waals surface area contributed by atoms with E-state index in [9.17, 15) is 4.39 Å². The monoisotopic (exact) mass is 249 g/mol. The lowest BCUT2D eigenvalue weighted by Crippen LogP contribution is -2.12. The van der Waals surface area contributed by atoms with Crippen molar-refractivity contribution in [1.82, 2.24) is 5.32 Å². The number of hydrogen-bond acceptors (Lipinski definition) is 2. The molecule has 0 radical (unpaired) electrons. The fourth-order valence-corrected chi connectivity index (χ4v) is 2.49. The molecule has 0 aliphatic carbocycles. The standard InChI is InChI=1S/C14H16FNS/c1-9-6-12(8-17-9)13-7-11(10(2)16-3)4-5-14(13)15/h4-8,10,16H,1-3H3. The van der Waals surface area contributed by atoms with E-state index in [1.807, 2.05) is 37.6 Å². The molecule has 0 spiro atoms. The van der Waals surface area contributed by atoms with Gasteiger partial charge >= 0.3 is 0 Å². The van der Waals surface area contributed by atoms with Crippen molar-refractivity contribution in [3.63, 3.8) is 0 Å². The Hall–Kier alpha value is -1.19. The van der Waals surface area contributed by atoms with E-state index in [-0.39, 0.29) is 11.9 Å². The highest BCUT2D eigenvalue weighted by atomic mass is 32.1. The van der Waals surface area contributed by atoms with E-state index in [0.29, 0.717) is 5.56 Å². The third-order valence-corrected chi connectivity index (χ3v) is 3.83. The Balaban J connectivity index is 2.46. The molecule has 1 atom stereocenters. The first-order valence-corrected chi connectivity index (χ1v) is 6.52. The lowest BCUT2D eigenvalue weighted by Gasteiger charge is -2.12. The van der Waals surface area contributed by atoms with Gasteiger partial charge < -0.3 is 5.32 Å². The van der Waals surface area contributed by atoms with Gasteiger partial charge in [0.15, 0.2) is 0 Å². The van der Waals surface area contributed by atoms with Crippen LogP contribution in [0, 0.1) is 12.7 Å². The number of thiophene rings is 1. The topological polar surface area (TPSA) is 12.0 Å². The van der Waals surface area contributed by atoms with Crippen LogP contribution in [0.3, 0.4) is 0 Å². The molecule has 1 aromatic carbocycles. The summed E-state index contributed by atoms with van der Waals surface area (Å²) in [7, 11) is 1.91. The first-order chi connectivity index (χ1) is 8.11. The SMILES string of the molecule is CNC(C)c1ccc(F)c(-c2csc(C)c2)c1. The van der Waals surface area contributed by atoms with Crippen LogP contribution < -0.4 is 5.32 Å². The van der Waals surface area contributed by atoms with Gasteiger partial charge in [0.25, 0.3) is 0 Å². The zero-order valence-corrected chi connectivity index (χ0v) is 11.1. The second kappa shape index (κ2) is 4.98. The number of rotatable bonds is 3. The lowest BCUT2D eigenvalue weighted by molar-refractivity contribution is 0.622. The summed E-state index contributed by atoms with van der Waals surface area (Å²) in [5.41, 5.74) is 2.76. The van der Waals surface area contributed by atoms with Gasteiger partial charge in [-0.05, 0) is 55.6 Å². The van der Waals surface area contributed by atoms with Gasteiger partial charge in [-0.15, -0.1) is 11.3 Å². The van der Waals surface area contributed by atoms with Gasteiger partial charge in [0, 0.05) is 16.5 Å². The highest BCUT2D eigenvalue weighted by Gasteiger charge is 2.10. The first-order valence-electron chi connectivity index (χ1n) is 5.64. The molecule has 0 saturated carbocycles. The highest BCUT2D eigenvalue weighted by molar-refractivity contribution is 7.10. The van der Waals surface area contributed by atoms with Crippen LogP contribution in [-0.4, -0.2) is 7.05 Å². The molecule has 0 saturated heterocycles. The fourth-order valence-electron chi connectivity index (χ4n) is 1.78. The minimum atomic E-state index is -0.158. The van der Waals surface area contributed by atoms with E-state index < -0.39 is 0 Å². The molecule has 17 heavy (non-hydrogen) atoms. The molecule has 1 aromatic heterocycles. The van der Waals surface area contributed by atoms with Crippen LogP contribution in [0.5, 0.6) is 0 Å². The summed E-state index contributed by atoms with van der Waals surface area (Å²) in [6, 6.07) is 7.56. The van der Waals surface area contributed by atoms with Crippen molar-refractivity contribution in [2.75, 3.05) is 7.05 Å². The molecule has 0 aliphatic rings. The van der Waals surface area contributed by atoms with E-state index in [0.717, 1.165) is 11.1 Å². The minimum absolute atomic E-state index is 0.158. The van der Waals surface area contributed by atoms with Gasteiger partial charge in [-0.3, -0.25) is 0 Å². The minimum Gasteiger partial charge on any atom is -0.313 e. The van der Waals surface area contributed by atoms with Crippen molar-refractivity contribution in [2.45, 2.75) is 19.9 Å². The normalized spacial score (nSPS) is 12.7. The van der Waals surface area contributed by atoms with Gasteiger partial charge in [-0.2, -0.15) is 0 Å². The zero-order valence-electron chi connectivity index (χ0n) is 10.3. The molecule has 1 unspecified atom stereocenters. The van der Waals surface area contributed by atoms with Crippen LogP contribution in [0.2, 0.25) is 0 Å². The third kappa shape index (κ3) is 2.56. The van der Waals surface area contributed by atoms with Gasteiger partial charge in [0.05, 0.1) is 0 Å². The summed E-state index contributed by atoms with van der Waals surface area (Å²) in [5.74, 6) is -0.158. The summed E-state index contributed by atoms with van der Waals surface area (Å²) in [5, 5.41) is 5.17. The smallest absolute Gasteiger partial charge is 0.131 e. The fraction of sp³-hybridized carbons (Fsp3) is 0.286. The lowest BCUT2D eigenvalue weighted by atomic mass is 10.0. The molecule has 2 aromatic rings.